The Kier molecular flexibility index (Phi) is 2.56. The molecule has 0 aromatic heterocycles. The molecule has 2 saturated heterocycles. The first-order valence-electron chi connectivity index (χ1n) is 4.99. The Morgan fingerprint density at radius 2 is 1.43 bits per heavy atom. The van der Waals surface area contributed by atoms with Gasteiger partial charge in [-0.1, -0.05) is 0 Å². The highest BCUT2D eigenvalue weighted by Crippen LogP contribution is 2.18. The van der Waals surface area contributed by atoms with Gasteiger partial charge in [0.15, 0.2) is 0 Å². The summed E-state index contributed by atoms with van der Waals surface area (Å²) in [4.78, 5) is 14.6. The van der Waals surface area contributed by atoms with Crippen molar-refractivity contribution in [3.05, 3.63) is 0 Å². The predicted octanol–water partition coefficient (Wildman–Crippen LogP) is 1.19. The van der Waals surface area contributed by atoms with Gasteiger partial charge in [0.1, 0.15) is 12.3 Å². The summed E-state index contributed by atoms with van der Waals surface area (Å²) in [5.41, 5.74) is 0. The van der Waals surface area contributed by atoms with Crippen LogP contribution >= 0.6 is 0 Å². The summed E-state index contributed by atoms with van der Waals surface area (Å²) in [5, 5.41) is 0. The van der Waals surface area contributed by atoms with Crippen molar-refractivity contribution in [2.24, 2.45) is 0 Å². The van der Waals surface area contributed by atoms with Crippen molar-refractivity contribution in [2.45, 2.75) is 25.2 Å². The van der Waals surface area contributed by atoms with Gasteiger partial charge in [-0.05, 0) is 12.8 Å². The normalized spacial score (nSPS) is 32.7. The second kappa shape index (κ2) is 3.71. The lowest BCUT2D eigenvalue weighted by Crippen LogP contribution is -2.41. The zero-order valence-corrected chi connectivity index (χ0v) is 7.96. The van der Waals surface area contributed by atoms with Gasteiger partial charge in [-0.15, -0.1) is 0 Å². The maximum Gasteiger partial charge on any atom is 0.320 e. The molecule has 2 aliphatic rings. The maximum atomic E-state index is 12.8. The highest BCUT2D eigenvalue weighted by Gasteiger charge is 2.32. The summed E-state index contributed by atoms with van der Waals surface area (Å²) < 4.78 is 25.6. The van der Waals surface area contributed by atoms with E-state index in [-0.39, 0.29) is 19.1 Å². The van der Waals surface area contributed by atoms with E-state index in [1.54, 1.807) is 0 Å². The molecule has 80 valence electrons. The minimum atomic E-state index is -0.900. The van der Waals surface area contributed by atoms with E-state index in [1.165, 1.54) is 9.80 Å². The van der Waals surface area contributed by atoms with Gasteiger partial charge < -0.3 is 9.80 Å². The predicted molar refractivity (Wildman–Crippen MR) is 47.6 cm³/mol. The summed E-state index contributed by atoms with van der Waals surface area (Å²) in [5.74, 6) is 0. The lowest BCUT2D eigenvalue weighted by Gasteiger charge is -2.23. The second-order valence-electron chi connectivity index (χ2n) is 3.95. The molecule has 0 spiro atoms. The number of amides is 2. The molecule has 0 aromatic carbocycles. The van der Waals surface area contributed by atoms with Gasteiger partial charge >= 0.3 is 6.03 Å². The zero-order chi connectivity index (χ0) is 10.1. The van der Waals surface area contributed by atoms with Gasteiger partial charge in [0.05, 0.1) is 13.1 Å². The van der Waals surface area contributed by atoms with E-state index < -0.39 is 12.3 Å². The molecule has 0 aromatic rings. The fourth-order valence-electron chi connectivity index (χ4n) is 1.98. The lowest BCUT2D eigenvalue weighted by atomic mass is 10.3. The van der Waals surface area contributed by atoms with Crippen molar-refractivity contribution in [1.29, 1.82) is 0 Å². The van der Waals surface area contributed by atoms with E-state index in [2.05, 4.69) is 0 Å². The first-order chi connectivity index (χ1) is 6.66. The van der Waals surface area contributed by atoms with Gasteiger partial charge in [0, 0.05) is 13.1 Å². The third-order valence-electron chi connectivity index (χ3n) is 2.80. The van der Waals surface area contributed by atoms with Crippen LogP contribution in [0.3, 0.4) is 0 Å². The number of alkyl halides is 2. The molecule has 0 bridgehead atoms. The Morgan fingerprint density at radius 1 is 1.00 bits per heavy atom. The van der Waals surface area contributed by atoms with E-state index in [1.807, 2.05) is 0 Å². The molecule has 0 saturated carbocycles. The topological polar surface area (TPSA) is 23.6 Å². The van der Waals surface area contributed by atoms with Crippen LogP contribution in [-0.4, -0.2) is 54.4 Å². The highest BCUT2D eigenvalue weighted by molar-refractivity contribution is 5.75. The molecule has 0 aliphatic carbocycles. The van der Waals surface area contributed by atoms with Crippen LogP contribution in [0, 0.1) is 0 Å². The summed E-state index contributed by atoms with van der Waals surface area (Å²) >= 11 is 0. The Hall–Kier alpha value is -0.870. The Morgan fingerprint density at radius 3 is 1.71 bits per heavy atom. The highest BCUT2D eigenvalue weighted by atomic mass is 19.1. The fourth-order valence-corrected chi connectivity index (χ4v) is 1.98. The molecule has 5 heteroatoms. The molecule has 0 N–H and O–H groups in total. The van der Waals surface area contributed by atoms with E-state index in [0.717, 1.165) is 0 Å². The fraction of sp³-hybridized carbons (Fsp3) is 0.889. The third-order valence-corrected chi connectivity index (χ3v) is 2.80. The van der Waals surface area contributed by atoms with Crippen molar-refractivity contribution < 1.29 is 13.6 Å². The Balaban J connectivity index is 1.89. The van der Waals surface area contributed by atoms with Crippen LogP contribution in [0.4, 0.5) is 13.6 Å². The van der Waals surface area contributed by atoms with Gasteiger partial charge in [0.25, 0.3) is 0 Å². The van der Waals surface area contributed by atoms with Crippen LogP contribution in [0.15, 0.2) is 0 Å². The first-order valence-corrected chi connectivity index (χ1v) is 4.99. The number of hydrogen-bond donors (Lipinski definition) is 0. The molecule has 2 fully saturated rings. The van der Waals surface area contributed by atoms with Crippen LogP contribution in [0.1, 0.15) is 12.8 Å². The molecule has 2 atom stereocenters. The zero-order valence-electron chi connectivity index (χ0n) is 7.96. The standard InChI is InChI=1S/C9H14F2N2O/c10-7-1-3-12(5-7)9(14)13-4-2-8(11)6-13/h7-8H,1-6H2/t7-,8-/m1/s1. The van der Waals surface area contributed by atoms with Gasteiger partial charge in [0.2, 0.25) is 0 Å². The number of hydrogen-bond acceptors (Lipinski definition) is 1. The number of likely N-dealkylation sites (tertiary alicyclic amines) is 2. The quantitative estimate of drug-likeness (QED) is 0.581. The number of carbonyl (C=O) groups excluding carboxylic acids is 1. The van der Waals surface area contributed by atoms with E-state index in [4.69, 9.17) is 0 Å². The third kappa shape index (κ3) is 1.81. The van der Waals surface area contributed by atoms with Gasteiger partial charge in [-0.25, -0.2) is 13.6 Å². The summed E-state index contributed by atoms with van der Waals surface area (Å²) in [6.07, 6.45) is -0.970. The molecule has 0 radical (unpaired) electrons. The van der Waals surface area contributed by atoms with Crippen LogP contribution in [0.5, 0.6) is 0 Å². The van der Waals surface area contributed by atoms with Crippen LogP contribution in [0.25, 0.3) is 0 Å². The number of halogens is 2. The van der Waals surface area contributed by atoms with Gasteiger partial charge in [-0.2, -0.15) is 0 Å². The number of nitrogens with zero attached hydrogens (tertiary/aromatic N) is 2. The minimum Gasteiger partial charge on any atom is -0.322 e. The van der Waals surface area contributed by atoms with E-state index in [9.17, 15) is 13.6 Å². The smallest absolute Gasteiger partial charge is 0.320 e. The summed E-state index contributed by atoms with van der Waals surface area (Å²) in [7, 11) is 0. The van der Waals surface area contributed by atoms with Crippen molar-refractivity contribution in [3.8, 4) is 0 Å². The molecule has 2 amide bonds. The van der Waals surface area contributed by atoms with Crippen molar-refractivity contribution in [2.75, 3.05) is 26.2 Å². The van der Waals surface area contributed by atoms with Gasteiger partial charge in [-0.3, -0.25) is 0 Å². The van der Waals surface area contributed by atoms with E-state index >= 15 is 0 Å². The second-order valence-corrected chi connectivity index (χ2v) is 3.95. The average molecular weight is 204 g/mol. The maximum absolute atomic E-state index is 12.8. The van der Waals surface area contributed by atoms with Crippen LogP contribution in [0.2, 0.25) is 0 Å². The molecule has 3 nitrogen and oxygen atoms in total. The van der Waals surface area contributed by atoms with Crippen molar-refractivity contribution >= 4 is 6.03 Å². The minimum absolute atomic E-state index is 0.173. The molecule has 0 unspecified atom stereocenters. The Bertz CT molecular complexity index is 215. The molecular formula is C9H14F2N2O. The summed E-state index contributed by atoms with van der Waals surface area (Å²) in [6.45, 7) is 1.28. The van der Waals surface area contributed by atoms with Crippen molar-refractivity contribution in [1.82, 2.24) is 9.80 Å². The lowest BCUT2D eigenvalue weighted by molar-refractivity contribution is 0.166. The van der Waals surface area contributed by atoms with Crippen LogP contribution < -0.4 is 0 Å². The summed E-state index contributed by atoms with van der Waals surface area (Å²) in [6, 6.07) is -0.203. The monoisotopic (exact) mass is 204 g/mol. The van der Waals surface area contributed by atoms with E-state index in [0.29, 0.717) is 25.9 Å². The average Bonchev–Trinajstić information content (AvgIpc) is 2.73. The molecule has 2 rings (SSSR count). The number of carbonyl (C=O) groups is 1. The largest absolute Gasteiger partial charge is 0.322 e. The molecule has 2 aliphatic heterocycles. The molecule has 14 heavy (non-hydrogen) atoms. The van der Waals surface area contributed by atoms with Crippen molar-refractivity contribution in [3.63, 3.8) is 0 Å². The van der Waals surface area contributed by atoms with Crippen LogP contribution in [-0.2, 0) is 0 Å². The molecular weight excluding hydrogens is 190 g/mol. The first kappa shape index (κ1) is 9.68. The number of rotatable bonds is 0. The molecule has 2 heterocycles. The SMILES string of the molecule is O=C(N1CC[C@@H](F)C1)N1CC[C@@H](F)C1. The Labute approximate surface area is 81.7 Å². The number of urea groups is 1.